The van der Waals surface area contributed by atoms with Crippen molar-refractivity contribution < 1.29 is 4.79 Å². The van der Waals surface area contributed by atoms with Crippen molar-refractivity contribution in [1.82, 2.24) is 0 Å². The van der Waals surface area contributed by atoms with Gasteiger partial charge in [0.15, 0.2) is 0 Å². The van der Waals surface area contributed by atoms with E-state index in [2.05, 4.69) is 35.0 Å². The quantitative estimate of drug-likeness (QED) is 0.808. The van der Waals surface area contributed by atoms with Crippen molar-refractivity contribution in [1.29, 1.82) is 0 Å². The van der Waals surface area contributed by atoms with Gasteiger partial charge in [0.25, 0.3) is 5.91 Å². The fourth-order valence-electron chi connectivity index (χ4n) is 2.61. The van der Waals surface area contributed by atoms with Crippen molar-refractivity contribution in [3.05, 3.63) is 63.6 Å². The maximum absolute atomic E-state index is 12.5. The number of amides is 1. The van der Waals surface area contributed by atoms with Crippen LogP contribution in [0.5, 0.6) is 0 Å². The molecule has 2 aromatic rings. The molecular weight excluding hydrogens is 314 g/mol. The van der Waals surface area contributed by atoms with E-state index < -0.39 is 0 Å². The number of benzene rings is 2. The Morgan fingerprint density at radius 1 is 1.15 bits per heavy atom. The molecule has 0 unspecified atom stereocenters. The Morgan fingerprint density at radius 2 is 1.90 bits per heavy atom. The summed E-state index contributed by atoms with van der Waals surface area (Å²) in [4.78, 5) is 14.3. The molecule has 3 rings (SSSR count). The van der Waals surface area contributed by atoms with Gasteiger partial charge in [-0.2, -0.15) is 0 Å². The van der Waals surface area contributed by atoms with Crippen molar-refractivity contribution in [2.75, 3.05) is 4.90 Å². The highest BCUT2D eigenvalue weighted by Gasteiger charge is 2.28. The Balaban J connectivity index is 1.88. The van der Waals surface area contributed by atoms with Gasteiger partial charge in [-0.05, 0) is 41.8 Å². The largest absolute Gasteiger partial charge is 0.304 e. The average Bonchev–Trinajstić information content (AvgIpc) is 2.77. The molecule has 1 aliphatic heterocycles. The van der Waals surface area contributed by atoms with Crippen molar-refractivity contribution in [3.8, 4) is 0 Å². The highest BCUT2D eigenvalue weighted by molar-refractivity contribution is 9.10. The number of carbonyl (C=O) groups excluding carboxylic acids is 1. The zero-order valence-electron chi connectivity index (χ0n) is 11.4. The number of anilines is 1. The van der Waals surface area contributed by atoms with Crippen LogP contribution < -0.4 is 4.90 Å². The molecule has 0 bridgehead atoms. The summed E-state index contributed by atoms with van der Waals surface area (Å²) in [6.07, 6.45) is 2.23. The van der Waals surface area contributed by atoms with Gasteiger partial charge < -0.3 is 4.90 Å². The van der Waals surface area contributed by atoms with Crippen LogP contribution in [-0.2, 0) is 13.0 Å². The molecule has 0 fully saturated rings. The first-order valence-electron chi connectivity index (χ1n) is 6.88. The summed E-state index contributed by atoms with van der Waals surface area (Å²) in [5.74, 6) is 0.0875. The first kappa shape index (κ1) is 13.4. The number of nitrogens with zero attached hydrogens (tertiary/aromatic N) is 1. The van der Waals surface area contributed by atoms with Crippen LogP contribution in [0.4, 0.5) is 5.69 Å². The van der Waals surface area contributed by atoms with Gasteiger partial charge in [-0.3, -0.25) is 4.79 Å². The van der Waals surface area contributed by atoms with Crippen LogP contribution in [0.3, 0.4) is 0 Å². The summed E-state index contributed by atoms with van der Waals surface area (Å²) in [5.41, 5.74) is 4.19. The van der Waals surface area contributed by atoms with E-state index in [0.29, 0.717) is 6.54 Å². The maximum atomic E-state index is 12.5. The topological polar surface area (TPSA) is 20.3 Å². The minimum atomic E-state index is 0.0875. The third-order valence-electron chi connectivity index (χ3n) is 3.66. The monoisotopic (exact) mass is 329 g/mol. The average molecular weight is 330 g/mol. The second kappa shape index (κ2) is 5.41. The normalized spacial score (nSPS) is 13.7. The molecule has 0 atom stereocenters. The number of hydrogen-bond acceptors (Lipinski definition) is 1. The number of fused-ring (bicyclic) bond motifs is 1. The van der Waals surface area contributed by atoms with Gasteiger partial charge in [0.05, 0.1) is 6.54 Å². The van der Waals surface area contributed by atoms with Crippen molar-refractivity contribution >= 4 is 27.5 Å². The van der Waals surface area contributed by atoms with Gasteiger partial charge in [0.1, 0.15) is 0 Å². The van der Waals surface area contributed by atoms with Gasteiger partial charge >= 0.3 is 0 Å². The molecule has 1 amide bonds. The van der Waals surface area contributed by atoms with E-state index >= 15 is 0 Å². The van der Waals surface area contributed by atoms with E-state index in [9.17, 15) is 4.79 Å². The Morgan fingerprint density at radius 3 is 2.60 bits per heavy atom. The summed E-state index contributed by atoms with van der Waals surface area (Å²) >= 11 is 3.42. The maximum Gasteiger partial charge on any atom is 0.258 e. The van der Waals surface area contributed by atoms with Crippen LogP contribution in [0.1, 0.15) is 34.8 Å². The van der Waals surface area contributed by atoms with E-state index in [-0.39, 0.29) is 5.91 Å². The van der Waals surface area contributed by atoms with Gasteiger partial charge in [0, 0.05) is 15.7 Å². The summed E-state index contributed by atoms with van der Waals surface area (Å²) in [5, 5.41) is 0. The number of rotatable bonds is 3. The third kappa shape index (κ3) is 2.38. The molecule has 3 heteroatoms. The molecule has 0 aliphatic carbocycles. The van der Waals surface area contributed by atoms with E-state index in [1.54, 1.807) is 0 Å². The summed E-state index contributed by atoms with van der Waals surface area (Å²) in [6.45, 7) is 2.83. The lowest BCUT2D eigenvalue weighted by atomic mass is 10.1. The fraction of sp³-hybridized carbons (Fsp3) is 0.235. The van der Waals surface area contributed by atoms with Gasteiger partial charge in [0.2, 0.25) is 0 Å². The number of hydrogen-bond donors (Lipinski definition) is 0. The molecular formula is C17H16BrNO. The van der Waals surface area contributed by atoms with E-state index in [4.69, 9.17) is 0 Å². The lowest BCUT2D eigenvalue weighted by molar-refractivity contribution is 0.0996. The standard InChI is InChI=1S/C17H16BrNO/c1-2-3-12-4-8-15(9-5-12)19-11-13-6-7-14(18)10-16(13)17(19)20/h4-10H,2-3,11H2,1H3. The molecule has 0 saturated carbocycles. The van der Waals surface area contributed by atoms with Crippen molar-refractivity contribution in [2.45, 2.75) is 26.3 Å². The van der Waals surface area contributed by atoms with Gasteiger partial charge in [-0.1, -0.05) is 47.5 Å². The first-order valence-corrected chi connectivity index (χ1v) is 7.67. The minimum absolute atomic E-state index is 0.0875. The zero-order chi connectivity index (χ0) is 14.1. The molecule has 0 spiro atoms. The lowest BCUT2D eigenvalue weighted by Gasteiger charge is -2.16. The predicted octanol–water partition coefficient (Wildman–Crippen LogP) is 4.56. The van der Waals surface area contributed by atoms with E-state index in [1.165, 1.54) is 5.56 Å². The minimum Gasteiger partial charge on any atom is -0.304 e. The van der Waals surface area contributed by atoms with Crippen LogP contribution in [-0.4, -0.2) is 5.91 Å². The lowest BCUT2D eigenvalue weighted by Crippen LogP contribution is -2.22. The Bertz CT molecular complexity index is 649. The molecule has 0 N–H and O–H groups in total. The number of carbonyl (C=O) groups is 1. The Labute approximate surface area is 127 Å². The van der Waals surface area contributed by atoms with Crippen LogP contribution in [0.15, 0.2) is 46.9 Å². The Kier molecular flexibility index (Phi) is 3.62. The molecule has 2 aromatic carbocycles. The summed E-state index contributed by atoms with van der Waals surface area (Å²) < 4.78 is 0.949. The van der Waals surface area contributed by atoms with Crippen LogP contribution in [0.25, 0.3) is 0 Å². The number of halogens is 1. The fourth-order valence-corrected chi connectivity index (χ4v) is 2.97. The second-order valence-corrected chi connectivity index (χ2v) is 6.02. The highest BCUT2D eigenvalue weighted by Crippen LogP contribution is 2.30. The molecule has 102 valence electrons. The van der Waals surface area contributed by atoms with Crippen molar-refractivity contribution in [3.63, 3.8) is 0 Å². The number of aryl methyl sites for hydroxylation is 1. The van der Waals surface area contributed by atoms with Gasteiger partial charge in [-0.25, -0.2) is 0 Å². The van der Waals surface area contributed by atoms with Crippen LogP contribution in [0.2, 0.25) is 0 Å². The molecule has 0 aromatic heterocycles. The van der Waals surface area contributed by atoms with Gasteiger partial charge in [-0.15, -0.1) is 0 Å². The smallest absolute Gasteiger partial charge is 0.258 e. The summed E-state index contributed by atoms with van der Waals surface area (Å²) in [7, 11) is 0. The summed E-state index contributed by atoms with van der Waals surface area (Å²) in [6, 6.07) is 14.2. The predicted molar refractivity (Wildman–Crippen MR) is 85.1 cm³/mol. The molecule has 0 radical (unpaired) electrons. The van der Waals surface area contributed by atoms with Crippen molar-refractivity contribution in [2.24, 2.45) is 0 Å². The van der Waals surface area contributed by atoms with E-state index in [1.807, 2.05) is 35.2 Å². The highest BCUT2D eigenvalue weighted by atomic mass is 79.9. The first-order chi connectivity index (χ1) is 9.69. The van der Waals surface area contributed by atoms with Crippen LogP contribution >= 0.6 is 15.9 Å². The molecule has 1 heterocycles. The molecule has 2 nitrogen and oxygen atoms in total. The van der Waals surface area contributed by atoms with E-state index in [0.717, 1.165) is 34.1 Å². The molecule has 20 heavy (non-hydrogen) atoms. The Hall–Kier alpha value is -1.61. The second-order valence-electron chi connectivity index (χ2n) is 5.11. The molecule has 1 aliphatic rings. The molecule has 0 saturated heterocycles. The third-order valence-corrected chi connectivity index (χ3v) is 4.16. The van der Waals surface area contributed by atoms with Crippen LogP contribution in [0, 0.1) is 0 Å². The SMILES string of the molecule is CCCc1ccc(N2Cc3ccc(Br)cc3C2=O)cc1. The zero-order valence-corrected chi connectivity index (χ0v) is 13.0.